The number of nitrogens with zero attached hydrogens (tertiary/aromatic N) is 2. The fourth-order valence-electron chi connectivity index (χ4n) is 5.46. The number of benzene rings is 2. The van der Waals surface area contributed by atoms with E-state index in [0.29, 0.717) is 18.7 Å². The zero-order valence-corrected chi connectivity index (χ0v) is 18.3. The molecule has 1 N–H and O–H groups in total. The summed E-state index contributed by atoms with van der Waals surface area (Å²) in [4.78, 5) is 17.2. The maximum Gasteiger partial charge on any atom is 0.246 e. The Labute approximate surface area is 185 Å². The number of rotatable bonds is 6. The van der Waals surface area contributed by atoms with E-state index in [-0.39, 0.29) is 12.5 Å². The number of ether oxygens (including phenoxy) is 1. The number of anilines is 1. The molecule has 2 aromatic rings. The molecule has 2 fully saturated rings. The van der Waals surface area contributed by atoms with Crippen LogP contribution in [0.2, 0.25) is 0 Å². The molecular formula is C26H33N3O2. The summed E-state index contributed by atoms with van der Waals surface area (Å²) >= 11 is 0. The summed E-state index contributed by atoms with van der Waals surface area (Å²) in [5, 5.41) is 3.10. The van der Waals surface area contributed by atoms with Crippen molar-refractivity contribution in [1.29, 1.82) is 0 Å². The van der Waals surface area contributed by atoms with E-state index in [1.807, 2.05) is 0 Å². The van der Waals surface area contributed by atoms with E-state index in [0.717, 1.165) is 45.4 Å². The van der Waals surface area contributed by atoms with Crippen LogP contribution >= 0.6 is 0 Å². The molecule has 3 aliphatic rings. The summed E-state index contributed by atoms with van der Waals surface area (Å²) in [6, 6.07) is 18.5. The van der Waals surface area contributed by atoms with Crippen LogP contribution in [0.1, 0.15) is 48.4 Å². The van der Waals surface area contributed by atoms with E-state index in [4.69, 9.17) is 4.74 Å². The molecule has 1 saturated carbocycles. The quantitative estimate of drug-likeness (QED) is 0.728. The van der Waals surface area contributed by atoms with E-state index in [2.05, 4.69) is 63.6 Å². The summed E-state index contributed by atoms with van der Waals surface area (Å²) in [5.74, 6) is 0.0334. The molecule has 2 aromatic carbocycles. The standard InChI is InChI=1S/C26H33N3O2/c30-26(27-22-9-3-4-10-22)19-31-16-15-28-13-14-29-24-12-6-2-8-21(24)17-20-7-1-5-11-23(20)25(29)18-28/h1-2,5-8,11-12,22,25H,3-4,9-10,13-19H2,(H,27,30). The molecule has 31 heavy (non-hydrogen) atoms. The van der Waals surface area contributed by atoms with Gasteiger partial charge in [-0.15, -0.1) is 0 Å². The first-order valence-corrected chi connectivity index (χ1v) is 11.8. The lowest BCUT2D eigenvalue weighted by molar-refractivity contribution is -0.126. The summed E-state index contributed by atoms with van der Waals surface area (Å²) in [6.07, 6.45) is 5.68. The Hall–Kier alpha value is -2.37. The van der Waals surface area contributed by atoms with Crippen molar-refractivity contribution in [3.05, 3.63) is 65.2 Å². The van der Waals surface area contributed by atoms with E-state index < -0.39 is 0 Å². The minimum atomic E-state index is 0.0334. The molecule has 1 atom stereocenters. The number of carbonyl (C=O) groups is 1. The zero-order chi connectivity index (χ0) is 21.0. The van der Waals surface area contributed by atoms with Crippen molar-refractivity contribution in [1.82, 2.24) is 10.2 Å². The highest BCUT2D eigenvalue weighted by Gasteiger charge is 2.32. The Bertz CT molecular complexity index is 909. The van der Waals surface area contributed by atoms with Crippen LogP contribution in [0.25, 0.3) is 0 Å². The normalized spacial score (nSPS) is 21.2. The average molecular weight is 420 g/mol. The number of piperazine rings is 1. The monoisotopic (exact) mass is 419 g/mol. The van der Waals surface area contributed by atoms with Gasteiger partial charge in [0.15, 0.2) is 0 Å². The Kier molecular flexibility index (Phi) is 6.23. The van der Waals surface area contributed by atoms with Gasteiger partial charge in [0.1, 0.15) is 6.61 Å². The Morgan fingerprint density at radius 3 is 2.65 bits per heavy atom. The average Bonchev–Trinajstić information content (AvgIpc) is 3.25. The molecule has 1 amide bonds. The van der Waals surface area contributed by atoms with Gasteiger partial charge in [-0.3, -0.25) is 9.69 Å². The number of hydrogen-bond donors (Lipinski definition) is 1. The van der Waals surface area contributed by atoms with Crippen molar-refractivity contribution in [3.63, 3.8) is 0 Å². The molecule has 5 nitrogen and oxygen atoms in total. The van der Waals surface area contributed by atoms with Crippen molar-refractivity contribution >= 4 is 11.6 Å². The number of carbonyl (C=O) groups excluding carboxylic acids is 1. The first-order valence-electron chi connectivity index (χ1n) is 11.8. The largest absolute Gasteiger partial charge is 0.370 e. The SMILES string of the molecule is O=C(COCCN1CCN2c3ccccc3Cc3ccccc3C2C1)NC1CCCC1. The smallest absolute Gasteiger partial charge is 0.246 e. The second kappa shape index (κ2) is 9.41. The zero-order valence-electron chi connectivity index (χ0n) is 18.3. The molecule has 5 heteroatoms. The van der Waals surface area contributed by atoms with Crippen LogP contribution in [0, 0.1) is 0 Å². The number of amides is 1. The molecule has 0 radical (unpaired) electrons. The summed E-state index contributed by atoms with van der Waals surface area (Å²) < 4.78 is 5.73. The van der Waals surface area contributed by atoms with Crippen molar-refractivity contribution in [2.45, 2.75) is 44.2 Å². The summed E-state index contributed by atoms with van der Waals surface area (Å²) in [5.41, 5.74) is 5.68. The molecule has 1 aliphatic carbocycles. The second-order valence-electron chi connectivity index (χ2n) is 9.12. The van der Waals surface area contributed by atoms with Gasteiger partial charge in [0.05, 0.1) is 12.6 Å². The molecule has 5 rings (SSSR count). The molecule has 0 aromatic heterocycles. The molecular weight excluding hydrogens is 386 g/mol. The minimum absolute atomic E-state index is 0.0334. The van der Waals surface area contributed by atoms with Crippen molar-refractivity contribution in [2.24, 2.45) is 0 Å². The van der Waals surface area contributed by atoms with Crippen molar-refractivity contribution in [2.75, 3.05) is 44.3 Å². The third-order valence-corrected chi connectivity index (χ3v) is 7.07. The van der Waals surface area contributed by atoms with Crippen molar-refractivity contribution < 1.29 is 9.53 Å². The fourth-order valence-corrected chi connectivity index (χ4v) is 5.46. The predicted molar refractivity (Wildman–Crippen MR) is 123 cm³/mol. The van der Waals surface area contributed by atoms with E-state index in [1.165, 1.54) is 35.2 Å². The van der Waals surface area contributed by atoms with Gasteiger partial charge in [-0.25, -0.2) is 0 Å². The number of fused-ring (bicyclic) bond motifs is 5. The van der Waals surface area contributed by atoms with Gasteiger partial charge in [-0.1, -0.05) is 55.3 Å². The predicted octanol–water partition coefficient (Wildman–Crippen LogP) is 3.53. The van der Waals surface area contributed by atoms with E-state index in [1.54, 1.807) is 0 Å². The Morgan fingerprint density at radius 1 is 1.00 bits per heavy atom. The lowest BCUT2D eigenvalue weighted by Crippen LogP contribution is -2.49. The van der Waals surface area contributed by atoms with Gasteiger partial charge in [0.25, 0.3) is 0 Å². The lowest BCUT2D eigenvalue weighted by Gasteiger charge is -2.43. The number of hydrogen-bond acceptors (Lipinski definition) is 4. The highest BCUT2D eigenvalue weighted by molar-refractivity contribution is 5.77. The van der Waals surface area contributed by atoms with Crippen LogP contribution in [0.5, 0.6) is 0 Å². The second-order valence-corrected chi connectivity index (χ2v) is 9.12. The van der Waals surface area contributed by atoms with Crippen LogP contribution in [0.15, 0.2) is 48.5 Å². The highest BCUT2D eigenvalue weighted by Crippen LogP contribution is 2.38. The first kappa shape index (κ1) is 20.5. The van der Waals surface area contributed by atoms with Gasteiger partial charge >= 0.3 is 0 Å². The fraction of sp³-hybridized carbons (Fsp3) is 0.500. The van der Waals surface area contributed by atoms with Gasteiger partial charge in [0, 0.05) is 37.9 Å². The number of para-hydroxylation sites is 1. The lowest BCUT2D eigenvalue weighted by atomic mass is 9.96. The molecule has 2 heterocycles. The Morgan fingerprint density at radius 2 is 1.77 bits per heavy atom. The maximum atomic E-state index is 12.1. The van der Waals surface area contributed by atoms with E-state index >= 15 is 0 Å². The molecule has 1 saturated heterocycles. The molecule has 164 valence electrons. The van der Waals surface area contributed by atoms with Crippen LogP contribution in [0.4, 0.5) is 5.69 Å². The van der Waals surface area contributed by atoms with Gasteiger partial charge in [0.2, 0.25) is 5.91 Å². The highest BCUT2D eigenvalue weighted by atomic mass is 16.5. The van der Waals surface area contributed by atoms with Crippen molar-refractivity contribution in [3.8, 4) is 0 Å². The van der Waals surface area contributed by atoms with Crippen LogP contribution in [-0.4, -0.2) is 56.2 Å². The van der Waals surface area contributed by atoms with Crippen LogP contribution < -0.4 is 10.2 Å². The maximum absolute atomic E-state index is 12.1. The third-order valence-electron chi connectivity index (χ3n) is 7.07. The van der Waals surface area contributed by atoms with Crippen LogP contribution in [0.3, 0.4) is 0 Å². The molecule has 2 aliphatic heterocycles. The molecule has 0 spiro atoms. The minimum Gasteiger partial charge on any atom is -0.370 e. The third kappa shape index (κ3) is 4.63. The van der Waals surface area contributed by atoms with E-state index in [9.17, 15) is 4.79 Å². The topological polar surface area (TPSA) is 44.8 Å². The first-order chi connectivity index (χ1) is 15.3. The van der Waals surface area contributed by atoms with Gasteiger partial charge in [-0.2, -0.15) is 0 Å². The molecule has 1 unspecified atom stereocenters. The number of nitrogens with one attached hydrogen (secondary N) is 1. The molecule has 0 bridgehead atoms. The Balaban J connectivity index is 1.19. The summed E-state index contributed by atoms with van der Waals surface area (Å²) in [6.45, 7) is 4.66. The van der Waals surface area contributed by atoms with Crippen LogP contribution in [-0.2, 0) is 16.0 Å². The van der Waals surface area contributed by atoms with Gasteiger partial charge < -0.3 is 15.0 Å². The summed E-state index contributed by atoms with van der Waals surface area (Å²) in [7, 11) is 0. The van der Waals surface area contributed by atoms with Gasteiger partial charge in [-0.05, 0) is 42.0 Å².